The van der Waals surface area contributed by atoms with Crippen LogP contribution in [-0.4, -0.2) is 43.3 Å². The van der Waals surface area contributed by atoms with Crippen molar-refractivity contribution in [2.24, 2.45) is 0 Å². The third-order valence-corrected chi connectivity index (χ3v) is 3.47. The van der Waals surface area contributed by atoms with E-state index in [-0.39, 0.29) is 12.5 Å². The van der Waals surface area contributed by atoms with Crippen molar-refractivity contribution in [3.63, 3.8) is 0 Å². The van der Waals surface area contributed by atoms with Crippen LogP contribution in [0.2, 0.25) is 0 Å². The molecule has 0 fully saturated rings. The number of aliphatic hydroxyl groups is 1. The lowest BCUT2D eigenvalue weighted by Gasteiger charge is -2.32. The van der Waals surface area contributed by atoms with Crippen LogP contribution in [0, 0.1) is 6.92 Å². The lowest BCUT2D eigenvalue weighted by Crippen LogP contribution is -2.39. The fraction of sp³-hybridized carbons (Fsp3) is 0.312. The Hall–Kier alpha value is -2.47. The van der Waals surface area contributed by atoms with Crippen molar-refractivity contribution in [1.29, 1.82) is 0 Å². The normalized spacial score (nSPS) is 14.5. The first-order chi connectivity index (χ1) is 10.5. The van der Waals surface area contributed by atoms with Crippen molar-refractivity contribution in [3.8, 4) is 11.5 Å². The number of rotatable bonds is 5. The monoisotopic (exact) mass is 304 g/mol. The molecule has 2 N–H and O–H groups in total. The number of hydrogen-bond acceptors (Lipinski definition) is 5. The maximum atomic E-state index is 11.8. The van der Waals surface area contributed by atoms with Gasteiger partial charge in [-0.15, -0.1) is 0 Å². The van der Waals surface area contributed by atoms with Gasteiger partial charge in [-0.2, -0.15) is 0 Å². The molecule has 1 aliphatic rings. The highest BCUT2D eigenvalue weighted by Gasteiger charge is 2.25. The van der Waals surface area contributed by atoms with Crippen molar-refractivity contribution >= 4 is 11.6 Å². The smallest absolute Gasteiger partial charge is 0.251 e. The Bertz CT molecular complexity index is 637. The Labute approximate surface area is 129 Å². The summed E-state index contributed by atoms with van der Waals surface area (Å²) < 4.78 is 10.8. The van der Waals surface area contributed by atoms with Crippen molar-refractivity contribution in [2.45, 2.75) is 6.92 Å². The standard InChI is InChI=1S/C16H20N2O4/c1-10-7-15(22-4)12(8-14(10)21-3)13-9-16(20)17-11(2)18(13)5-6-19/h7-9,19H,2,5-6H2,1,3-4H3,(H,17,20). The Kier molecular flexibility index (Phi) is 4.72. The van der Waals surface area contributed by atoms with E-state index in [1.807, 2.05) is 19.1 Å². The van der Waals surface area contributed by atoms with E-state index in [1.165, 1.54) is 6.08 Å². The van der Waals surface area contributed by atoms with Gasteiger partial charge in [-0.05, 0) is 24.6 Å². The van der Waals surface area contributed by atoms with Gasteiger partial charge in [0.2, 0.25) is 0 Å². The van der Waals surface area contributed by atoms with E-state index < -0.39 is 0 Å². The molecule has 0 spiro atoms. The maximum absolute atomic E-state index is 11.8. The molecule has 0 saturated carbocycles. The van der Waals surface area contributed by atoms with E-state index in [9.17, 15) is 9.90 Å². The first-order valence-electron chi connectivity index (χ1n) is 6.84. The summed E-state index contributed by atoms with van der Waals surface area (Å²) in [5.41, 5.74) is 2.24. The second-order valence-electron chi connectivity index (χ2n) is 4.86. The van der Waals surface area contributed by atoms with Crippen LogP contribution >= 0.6 is 0 Å². The maximum Gasteiger partial charge on any atom is 0.251 e. The summed E-state index contributed by atoms with van der Waals surface area (Å²) in [5.74, 6) is 1.46. The van der Waals surface area contributed by atoms with E-state index >= 15 is 0 Å². The number of benzene rings is 1. The molecule has 118 valence electrons. The number of ether oxygens (including phenoxy) is 2. The molecule has 0 aromatic heterocycles. The highest BCUT2D eigenvalue weighted by atomic mass is 16.5. The Balaban J connectivity index is 2.60. The third-order valence-electron chi connectivity index (χ3n) is 3.47. The second-order valence-corrected chi connectivity index (χ2v) is 4.86. The van der Waals surface area contributed by atoms with Crippen LogP contribution in [0.4, 0.5) is 0 Å². The summed E-state index contributed by atoms with van der Waals surface area (Å²) in [6.45, 7) is 5.98. The van der Waals surface area contributed by atoms with E-state index in [0.717, 1.165) is 5.56 Å². The molecule has 0 atom stereocenters. The molecule has 0 bridgehead atoms. The zero-order chi connectivity index (χ0) is 16.3. The second kappa shape index (κ2) is 6.53. The van der Waals surface area contributed by atoms with Gasteiger partial charge in [-0.25, -0.2) is 0 Å². The van der Waals surface area contributed by atoms with Crippen LogP contribution in [0.15, 0.2) is 30.6 Å². The molecular weight excluding hydrogens is 284 g/mol. The van der Waals surface area contributed by atoms with Crippen molar-refractivity contribution < 1.29 is 19.4 Å². The number of carbonyl (C=O) groups is 1. The SMILES string of the molecule is C=C1NC(=O)C=C(c2cc(OC)c(C)cc2OC)N1CCO. The molecular formula is C16H20N2O4. The lowest BCUT2D eigenvalue weighted by atomic mass is 10.0. The minimum absolute atomic E-state index is 0.0719. The number of amides is 1. The van der Waals surface area contributed by atoms with Crippen molar-refractivity contribution in [2.75, 3.05) is 27.4 Å². The van der Waals surface area contributed by atoms with E-state index in [4.69, 9.17) is 9.47 Å². The summed E-state index contributed by atoms with van der Waals surface area (Å²) in [6.07, 6.45) is 1.46. The third kappa shape index (κ3) is 2.92. The molecule has 1 aliphatic heterocycles. The predicted molar refractivity (Wildman–Crippen MR) is 83.3 cm³/mol. The van der Waals surface area contributed by atoms with Crippen LogP contribution in [0.1, 0.15) is 11.1 Å². The Morgan fingerprint density at radius 1 is 1.27 bits per heavy atom. The molecule has 1 aromatic rings. The van der Waals surface area contributed by atoms with Crippen molar-refractivity contribution in [1.82, 2.24) is 10.2 Å². The van der Waals surface area contributed by atoms with Gasteiger partial charge < -0.3 is 24.8 Å². The minimum atomic E-state index is -0.268. The van der Waals surface area contributed by atoms with Gasteiger partial charge in [0.1, 0.15) is 17.3 Å². The summed E-state index contributed by atoms with van der Waals surface area (Å²) in [5, 5.41) is 11.9. The van der Waals surface area contributed by atoms with Crippen LogP contribution in [0.5, 0.6) is 11.5 Å². The average Bonchev–Trinajstić information content (AvgIpc) is 2.49. The number of carbonyl (C=O) groups excluding carboxylic acids is 1. The molecule has 2 rings (SSSR count). The molecule has 1 amide bonds. The fourth-order valence-corrected chi connectivity index (χ4v) is 2.42. The highest BCUT2D eigenvalue weighted by molar-refractivity contribution is 5.98. The first-order valence-corrected chi connectivity index (χ1v) is 6.84. The molecule has 6 nitrogen and oxygen atoms in total. The van der Waals surface area contributed by atoms with Gasteiger partial charge in [0.25, 0.3) is 5.91 Å². The van der Waals surface area contributed by atoms with E-state index in [0.29, 0.717) is 35.1 Å². The van der Waals surface area contributed by atoms with Crippen LogP contribution in [-0.2, 0) is 4.79 Å². The van der Waals surface area contributed by atoms with Crippen LogP contribution in [0.25, 0.3) is 5.70 Å². The summed E-state index contributed by atoms with van der Waals surface area (Å²) in [7, 11) is 3.16. The van der Waals surface area contributed by atoms with Gasteiger partial charge in [0.05, 0.1) is 26.5 Å². The lowest BCUT2D eigenvalue weighted by molar-refractivity contribution is -0.116. The Morgan fingerprint density at radius 3 is 2.55 bits per heavy atom. The number of aryl methyl sites for hydroxylation is 1. The zero-order valence-electron chi connectivity index (χ0n) is 13.0. The molecule has 0 saturated heterocycles. The van der Waals surface area contributed by atoms with Gasteiger partial charge in [0, 0.05) is 18.2 Å². The topological polar surface area (TPSA) is 71.0 Å². The van der Waals surface area contributed by atoms with E-state index in [1.54, 1.807) is 19.1 Å². The van der Waals surface area contributed by atoms with Crippen molar-refractivity contribution in [3.05, 3.63) is 41.7 Å². The quantitative estimate of drug-likeness (QED) is 0.856. The first kappa shape index (κ1) is 15.9. The van der Waals surface area contributed by atoms with Crippen LogP contribution in [0.3, 0.4) is 0 Å². The summed E-state index contributed by atoms with van der Waals surface area (Å²) in [4.78, 5) is 13.5. The van der Waals surface area contributed by atoms with Gasteiger partial charge in [-0.1, -0.05) is 6.58 Å². The number of nitrogens with one attached hydrogen (secondary N) is 1. The largest absolute Gasteiger partial charge is 0.496 e. The summed E-state index contributed by atoms with van der Waals surface area (Å²) in [6, 6.07) is 3.66. The number of β-amino-alcohol motifs (C(OH)–C–C–N with tert-alkyl or cyclic N) is 1. The zero-order valence-corrected chi connectivity index (χ0v) is 13.0. The number of hydrogen-bond donors (Lipinski definition) is 2. The molecule has 0 radical (unpaired) electrons. The molecule has 6 heteroatoms. The molecule has 22 heavy (non-hydrogen) atoms. The number of nitrogens with zero attached hydrogens (tertiary/aromatic N) is 1. The summed E-state index contributed by atoms with van der Waals surface area (Å²) >= 11 is 0. The number of methoxy groups -OCH3 is 2. The Morgan fingerprint density at radius 2 is 1.95 bits per heavy atom. The highest BCUT2D eigenvalue weighted by Crippen LogP contribution is 2.36. The predicted octanol–water partition coefficient (Wildman–Crippen LogP) is 1.25. The van der Waals surface area contributed by atoms with Gasteiger partial charge in [0.15, 0.2) is 0 Å². The van der Waals surface area contributed by atoms with Gasteiger partial charge in [-0.3, -0.25) is 4.79 Å². The fourth-order valence-electron chi connectivity index (χ4n) is 2.42. The minimum Gasteiger partial charge on any atom is -0.496 e. The van der Waals surface area contributed by atoms with Crippen LogP contribution < -0.4 is 14.8 Å². The molecule has 1 aromatic carbocycles. The molecule has 0 unspecified atom stereocenters. The molecule has 1 heterocycles. The number of aliphatic hydroxyl groups excluding tert-OH is 1. The van der Waals surface area contributed by atoms with Gasteiger partial charge >= 0.3 is 0 Å². The molecule has 0 aliphatic carbocycles. The van der Waals surface area contributed by atoms with E-state index in [2.05, 4.69) is 11.9 Å². The average molecular weight is 304 g/mol.